The molecule has 2 aliphatic rings. The van der Waals surface area contributed by atoms with Crippen LogP contribution >= 0.6 is 11.6 Å². The largest absolute Gasteiger partial charge is 0.427 e. The van der Waals surface area contributed by atoms with Gasteiger partial charge in [0.2, 0.25) is 5.95 Å². The van der Waals surface area contributed by atoms with Crippen molar-refractivity contribution in [2.24, 2.45) is 11.8 Å². The fraction of sp³-hybridized carbons (Fsp3) is 0.333. The molecule has 6 rings (SSSR count). The zero-order chi connectivity index (χ0) is 26.2. The normalized spacial score (nSPS) is 21.3. The van der Waals surface area contributed by atoms with Crippen LogP contribution in [0.3, 0.4) is 0 Å². The molecule has 1 aliphatic heterocycles. The summed E-state index contributed by atoms with van der Waals surface area (Å²) in [6, 6.07) is 10.1. The summed E-state index contributed by atoms with van der Waals surface area (Å²) in [4.78, 5) is 30.7. The Bertz CT molecular complexity index is 1500. The van der Waals surface area contributed by atoms with E-state index in [1.54, 1.807) is 42.7 Å². The van der Waals surface area contributed by atoms with E-state index < -0.39 is 12.3 Å². The van der Waals surface area contributed by atoms with Gasteiger partial charge in [0.15, 0.2) is 6.17 Å². The lowest BCUT2D eigenvalue weighted by atomic mass is 9.83. The van der Waals surface area contributed by atoms with Crippen LogP contribution < -0.4 is 16.1 Å². The summed E-state index contributed by atoms with van der Waals surface area (Å²) < 4.78 is 16.8. The fourth-order valence-corrected chi connectivity index (χ4v) is 5.39. The average molecular weight is 536 g/mol. The van der Waals surface area contributed by atoms with E-state index in [1.807, 2.05) is 0 Å². The van der Waals surface area contributed by atoms with Crippen molar-refractivity contribution in [3.63, 3.8) is 0 Å². The molecular formula is C27H27ClFN7O2. The second-order valence-corrected chi connectivity index (χ2v) is 10.5. The Hall–Kier alpha value is -3.76. The van der Waals surface area contributed by atoms with Crippen molar-refractivity contribution in [3.8, 4) is 11.3 Å². The van der Waals surface area contributed by atoms with Crippen molar-refractivity contribution in [1.29, 1.82) is 0 Å². The Morgan fingerprint density at radius 2 is 1.97 bits per heavy atom. The van der Waals surface area contributed by atoms with E-state index in [9.17, 15) is 9.18 Å². The van der Waals surface area contributed by atoms with E-state index in [0.29, 0.717) is 51.6 Å². The molecular weight excluding hydrogens is 509 g/mol. The number of nitrogens with one attached hydrogen (secondary N) is 3. The van der Waals surface area contributed by atoms with E-state index in [-0.39, 0.29) is 5.82 Å². The summed E-state index contributed by atoms with van der Waals surface area (Å²) in [5.41, 5.74) is 6.21. The highest BCUT2D eigenvalue weighted by Gasteiger charge is 2.29. The number of hydrogen-bond acceptors (Lipinski definition) is 7. The topological polar surface area (TPSA) is 106 Å². The Morgan fingerprint density at radius 1 is 1.16 bits per heavy atom. The summed E-state index contributed by atoms with van der Waals surface area (Å²) in [5.74, 6) is 1.30. The van der Waals surface area contributed by atoms with E-state index >= 15 is 0 Å². The zero-order valence-electron chi connectivity index (χ0n) is 20.7. The number of halogens is 2. The number of carbonyl (C=O) groups is 1. The molecule has 1 unspecified atom stereocenters. The third-order valence-corrected chi connectivity index (χ3v) is 7.45. The van der Waals surface area contributed by atoms with E-state index in [0.717, 1.165) is 24.3 Å². The summed E-state index contributed by atoms with van der Waals surface area (Å²) in [6.45, 7) is 2.99. The Kier molecular flexibility index (Phi) is 6.59. The molecule has 1 atom stereocenters. The van der Waals surface area contributed by atoms with Crippen LogP contribution in [0.25, 0.3) is 22.3 Å². The Balaban J connectivity index is 1.53. The van der Waals surface area contributed by atoms with Crippen LogP contribution in [0.5, 0.6) is 0 Å². The molecule has 11 heteroatoms. The molecule has 1 aliphatic carbocycles. The van der Waals surface area contributed by atoms with Crippen molar-refractivity contribution in [2.75, 3.05) is 5.32 Å². The third-order valence-electron chi connectivity index (χ3n) is 7.25. The van der Waals surface area contributed by atoms with Crippen LogP contribution in [-0.2, 0) is 11.4 Å². The number of fused-ring (bicyclic) bond motifs is 1. The summed E-state index contributed by atoms with van der Waals surface area (Å²) in [5, 5.41) is 6.37. The number of imidazole rings is 1. The minimum atomic E-state index is -0.661. The molecule has 1 saturated carbocycles. The van der Waals surface area contributed by atoms with Crippen molar-refractivity contribution >= 4 is 40.4 Å². The van der Waals surface area contributed by atoms with Gasteiger partial charge in [-0.3, -0.25) is 10.3 Å². The Morgan fingerprint density at radius 3 is 2.71 bits per heavy atom. The third kappa shape index (κ3) is 4.89. The fourth-order valence-electron chi connectivity index (χ4n) is 5.22. The molecule has 3 N–H and O–H groups in total. The monoisotopic (exact) mass is 535 g/mol. The second-order valence-electron chi connectivity index (χ2n) is 10.0. The van der Waals surface area contributed by atoms with Crippen LogP contribution in [0.1, 0.15) is 44.5 Å². The van der Waals surface area contributed by atoms with Gasteiger partial charge in [0, 0.05) is 24.5 Å². The minimum absolute atomic E-state index is 0.332. The van der Waals surface area contributed by atoms with E-state index in [1.165, 1.54) is 18.9 Å². The number of anilines is 2. The first-order valence-corrected chi connectivity index (χ1v) is 13.1. The van der Waals surface area contributed by atoms with Crippen molar-refractivity contribution in [3.05, 3.63) is 65.3 Å². The smallest absolute Gasteiger partial charge is 0.351 e. The molecule has 1 amide bonds. The molecule has 0 bridgehead atoms. The van der Waals surface area contributed by atoms with Gasteiger partial charge in [-0.15, -0.1) is 5.48 Å². The highest BCUT2D eigenvalue weighted by atomic mass is 35.5. The van der Waals surface area contributed by atoms with Gasteiger partial charge in [0.25, 0.3) is 0 Å². The molecule has 2 fully saturated rings. The first-order chi connectivity index (χ1) is 18.4. The van der Waals surface area contributed by atoms with Gasteiger partial charge >= 0.3 is 6.09 Å². The molecule has 1 saturated heterocycles. The molecule has 196 valence electrons. The lowest BCUT2D eigenvalue weighted by molar-refractivity contribution is 0.121. The van der Waals surface area contributed by atoms with E-state index in [2.05, 4.69) is 32.6 Å². The molecule has 38 heavy (non-hydrogen) atoms. The lowest BCUT2D eigenvalue weighted by Gasteiger charge is -2.27. The summed E-state index contributed by atoms with van der Waals surface area (Å²) in [6.07, 6.45) is 6.56. The molecule has 9 nitrogen and oxygen atoms in total. The highest BCUT2D eigenvalue weighted by molar-refractivity contribution is 6.30. The summed E-state index contributed by atoms with van der Waals surface area (Å²) >= 11 is 6.31. The van der Waals surface area contributed by atoms with Crippen molar-refractivity contribution in [2.45, 2.75) is 45.3 Å². The van der Waals surface area contributed by atoms with Crippen molar-refractivity contribution < 1.29 is 14.0 Å². The van der Waals surface area contributed by atoms with Gasteiger partial charge in [-0.1, -0.05) is 43.5 Å². The SMILES string of the molecule is CC1CCC(Cn2c(Nc3ccccc3F)nc3cc(C4NOC(=O)N4)nc(-c4cncc(Cl)c4)c32)CC1. The number of para-hydroxylation sites is 1. The van der Waals surface area contributed by atoms with Gasteiger partial charge in [0.1, 0.15) is 5.82 Å². The number of pyridine rings is 2. The van der Waals surface area contributed by atoms with Crippen LogP contribution in [0.2, 0.25) is 5.02 Å². The zero-order valence-corrected chi connectivity index (χ0v) is 21.5. The maximum Gasteiger partial charge on any atom is 0.427 e. The standard InChI is InChI=1S/C27H27ClFN7O2/c1-15-6-8-16(9-7-15)14-36-24-21(33-26(36)32-20-5-3-2-4-19(20)29)11-22(25-34-27(37)38-35-25)31-23(24)17-10-18(28)13-30-12-17/h2-5,10-13,15-16,25,35H,6-9,14H2,1H3,(H,32,33)(H,34,37). The van der Waals surface area contributed by atoms with Gasteiger partial charge in [-0.05, 0) is 48.9 Å². The quantitative estimate of drug-likeness (QED) is 0.274. The van der Waals surface area contributed by atoms with Crippen molar-refractivity contribution in [1.82, 2.24) is 30.3 Å². The van der Waals surface area contributed by atoms with Gasteiger partial charge < -0.3 is 14.7 Å². The predicted octanol–water partition coefficient (Wildman–Crippen LogP) is 6.10. The molecule has 4 heterocycles. The molecule has 4 aromatic rings. The number of carbonyl (C=O) groups excluding carboxylic acids is 1. The van der Waals surface area contributed by atoms with Gasteiger partial charge in [-0.25, -0.2) is 19.2 Å². The number of benzene rings is 1. The van der Waals surface area contributed by atoms with Crippen LogP contribution in [0.15, 0.2) is 48.8 Å². The maximum atomic E-state index is 14.7. The molecule has 1 aromatic carbocycles. The van der Waals surface area contributed by atoms with Crippen LogP contribution in [-0.4, -0.2) is 25.6 Å². The number of nitrogens with zero attached hydrogens (tertiary/aromatic N) is 4. The highest BCUT2D eigenvalue weighted by Crippen LogP contribution is 2.36. The number of amides is 1. The first kappa shape index (κ1) is 24.6. The lowest BCUT2D eigenvalue weighted by Crippen LogP contribution is -2.23. The van der Waals surface area contributed by atoms with Crippen LogP contribution in [0, 0.1) is 17.7 Å². The second kappa shape index (κ2) is 10.2. The predicted molar refractivity (Wildman–Crippen MR) is 142 cm³/mol. The molecule has 0 spiro atoms. The van der Waals surface area contributed by atoms with Gasteiger partial charge in [-0.2, -0.15) is 0 Å². The molecule has 3 aromatic heterocycles. The average Bonchev–Trinajstić information content (AvgIpc) is 3.49. The number of hydroxylamine groups is 1. The summed E-state index contributed by atoms with van der Waals surface area (Å²) in [7, 11) is 0. The molecule has 0 radical (unpaired) electrons. The number of hydrogen-bond donors (Lipinski definition) is 3. The van der Waals surface area contributed by atoms with Gasteiger partial charge in [0.05, 0.1) is 33.1 Å². The van der Waals surface area contributed by atoms with Crippen LogP contribution in [0.4, 0.5) is 20.8 Å². The van der Waals surface area contributed by atoms with E-state index in [4.69, 9.17) is 26.4 Å². The Labute approximate surface area is 223 Å². The minimum Gasteiger partial charge on any atom is -0.351 e. The maximum absolute atomic E-state index is 14.7. The number of aromatic nitrogens is 4. The number of rotatable bonds is 6. The first-order valence-electron chi connectivity index (χ1n) is 12.7.